The summed E-state index contributed by atoms with van der Waals surface area (Å²) in [5.41, 5.74) is 12.8. The van der Waals surface area contributed by atoms with E-state index in [0.717, 1.165) is 6.42 Å². The Morgan fingerprint density at radius 2 is 1.25 bits per heavy atom. The first-order valence-electron chi connectivity index (χ1n) is 14.2. The van der Waals surface area contributed by atoms with Crippen LogP contribution in [0.25, 0.3) is 16.7 Å². The van der Waals surface area contributed by atoms with E-state index in [-0.39, 0.29) is 41.6 Å². The third-order valence-corrected chi connectivity index (χ3v) is 11.9. The Morgan fingerprint density at radius 1 is 0.750 bits per heavy atom. The Bertz CT molecular complexity index is 1400. The molecule has 209 valence electrons. The van der Waals surface area contributed by atoms with Crippen LogP contribution in [0, 0.1) is 0 Å². The summed E-state index contributed by atoms with van der Waals surface area (Å²) in [4.78, 5) is 0. The number of halogens is 2. The monoisotopic (exact) mass is 623 g/mol. The fourth-order valence-corrected chi connectivity index (χ4v) is 9.18. The van der Waals surface area contributed by atoms with Crippen molar-refractivity contribution in [3.05, 3.63) is 99.8 Å². The van der Waals surface area contributed by atoms with Gasteiger partial charge >= 0.3 is 245 Å². The largest absolute Gasteiger partial charge is 1.00 e. The third-order valence-electron chi connectivity index (χ3n) is 8.62. The van der Waals surface area contributed by atoms with Gasteiger partial charge in [0.05, 0.1) is 0 Å². The van der Waals surface area contributed by atoms with Gasteiger partial charge in [0.15, 0.2) is 0 Å². The van der Waals surface area contributed by atoms with Crippen LogP contribution in [0.3, 0.4) is 0 Å². The molecular weight excluding hydrogens is 583 g/mol. The van der Waals surface area contributed by atoms with Crippen molar-refractivity contribution in [3.63, 3.8) is 0 Å². The van der Waals surface area contributed by atoms with Crippen molar-refractivity contribution >= 4 is 19.2 Å². The molecule has 2 aliphatic carbocycles. The molecule has 2 aliphatic rings. The van der Waals surface area contributed by atoms with E-state index in [1.165, 1.54) is 67.9 Å². The number of hydrogen-bond donors (Lipinski definition) is 0. The molecule has 0 aromatic heterocycles. The van der Waals surface area contributed by atoms with Crippen molar-refractivity contribution < 1.29 is 49.0 Å². The zero-order chi connectivity index (χ0) is 27.4. The van der Waals surface area contributed by atoms with Crippen LogP contribution in [0.2, 0.25) is 12.1 Å². The summed E-state index contributed by atoms with van der Waals surface area (Å²) in [7, 11) is -0.658. The minimum Gasteiger partial charge on any atom is -1.00 e. The van der Waals surface area contributed by atoms with E-state index in [9.17, 15) is 0 Å². The molecule has 0 heterocycles. The first-order chi connectivity index (χ1) is 18.0. The van der Waals surface area contributed by atoms with E-state index in [1.807, 2.05) is 20.8 Å². The van der Waals surface area contributed by atoms with Gasteiger partial charge in [-0.3, -0.25) is 0 Å². The summed E-state index contributed by atoms with van der Waals surface area (Å²) in [6, 6.07) is 26.1. The predicted octanol–water partition coefficient (Wildman–Crippen LogP) is 3.14. The van der Waals surface area contributed by atoms with Gasteiger partial charge in [-0.1, -0.05) is 0 Å². The Hall–Kier alpha value is -1.42. The minimum atomic E-state index is -0.658. The number of fused-ring (bicyclic) bond motifs is 4. The first kappa shape index (κ1) is 33.1. The SMILES string of the molecule is CC[Si](CC)=C1Cc2ccccc2C(C2c3ccc(C(C)(C)C)cc3-c3cc(C(C)(C)C)ccc32)=C1[O][Ti+2].[Cl-].[Cl-]. The van der Waals surface area contributed by atoms with Crippen LogP contribution in [0.1, 0.15) is 94.7 Å². The van der Waals surface area contributed by atoms with Gasteiger partial charge in [0, 0.05) is 0 Å². The van der Waals surface area contributed by atoms with Gasteiger partial charge < -0.3 is 24.8 Å². The van der Waals surface area contributed by atoms with E-state index >= 15 is 0 Å². The normalized spacial score (nSPS) is 14.6. The molecule has 0 radical (unpaired) electrons. The maximum absolute atomic E-state index is 6.42. The summed E-state index contributed by atoms with van der Waals surface area (Å²) >= 11 is 1.90. The van der Waals surface area contributed by atoms with Gasteiger partial charge in [-0.25, -0.2) is 0 Å². The van der Waals surface area contributed by atoms with Gasteiger partial charge in [0.1, 0.15) is 0 Å². The summed E-state index contributed by atoms with van der Waals surface area (Å²) < 4.78 is 6.42. The van der Waals surface area contributed by atoms with Crippen LogP contribution in [-0.2, 0) is 41.4 Å². The molecule has 5 heteroatoms. The molecule has 0 aliphatic heterocycles. The molecule has 1 nitrogen and oxygen atoms in total. The van der Waals surface area contributed by atoms with Gasteiger partial charge in [0.2, 0.25) is 0 Å². The zero-order valence-corrected chi connectivity index (χ0v) is 29.2. The van der Waals surface area contributed by atoms with E-state index in [1.54, 1.807) is 5.17 Å². The second-order valence-corrected chi connectivity index (χ2v) is 16.5. The fraction of sp³-hybridized carbons (Fsp3) is 0.400. The zero-order valence-electron chi connectivity index (χ0n) is 25.1. The van der Waals surface area contributed by atoms with Gasteiger partial charge in [-0.15, -0.1) is 0 Å². The molecule has 0 N–H and O–H groups in total. The average Bonchev–Trinajstić information content (AvgIpc) is 3.20. The molecule has 0 saturated carbocycles. The maximum Gasteiger partial charge on any atom is -1.00 e. The van der Waals surface area contributed by atoms with Crippen molar-refractivity contribution in [1.82, 2.24) is 0 Å². The summed E-state index contributed by atoms with van der Waals surface area (Å²) in [5.74, 6) is 1.34. The molecule has 0 fully saturated rings. The van der Waals surface area contributed by atoms with E-state index in [2.05, 4.69) is 116 Å². The smallest absolute Gasteiger partial charge is 1.00 e. The molecule has 0 bridgehead atoms. The molecule has 5 rings (SSSR count). The van der Waals surface area contributed by atoms with Crippen LogP contribution in [-0.4, -0.2) is 13.6 Å². The first-order valence-corrected chi connectivity index (χ1v) is 16.7. The van der Waals surface area contributed by atoms with Crippen LogP contribution < -0.4 is 24.8 Å². The number of rotatable bonds is 4. The Balaban J connectivity index is 0.00000220. The van der Waals surface area contributed by atoms with Crippen LogP contribution in [0.5, 0.6) is 0 Å². The van der Waals surface area contributed by atoms with Crippen LogP contribution >= 0.6 is 0 Å². The molecule has 40 heavy (non-hydrogen) atoms. The number of allylic oxidation sites excluding steroid dienone is 2. The van der Waals surface area contributed by atoms with Crippen molar-refractivity contribution in [3.8, 4) is 11.1 Å². The van der Waals surface area contributed by atoms with Crippen molar-refractivity contribution in [2.24, 2.45) is 0 Å². The fourth-order valence-electron chi connectivity index (χ4n) is 6.35. The number of benzene rings is 3. The molecule has 0 atom stereocenters. The molecule has 3 aromatic rings. The van der Waals surface area contributed by atoms with E-state index in [0.29, 0.717) is 0 Å². The Morgan fingerprint density at radius 3 is 1.70 bits per heavy atom. The summed E-state index contributed by atoms with van der Waals surface area (Å²) in [6.07, 6.45) is 1.02. The van der Waals surface area contributed by atoms with Crippen molar-refractivity contribution in [2.75, 3.05) is 0 Å². The van der Waals surface area contributed by atoms with E-state index < -0.39 is 8.41 Å². The average molecular weight is 625 g/mol. The second-order valence-electron chi connectivity index (χ2n) is 13.0. The molecule has 0 spiro atoms. The molecule has 0 amide bonds. The second kappa shape index (κ2) is 12.4. The van der Waals surface area contributed by atoms with Gasteiger partial charge in [0.25, 0.3) is 0 Å². The van der Waals surface area contributed by atoms with E-state index in [4.69, 9.17) is 3.32 Å². The van der Waals surface area contributed by atoms with Gasteiger partial charge in [-0.2, -0.15) is 0 Å². The van der Waals surface area contributed by atoms with Crippen molar-refractivity contribution in [2.45, 2.75) is 90.6 Å². The molecule has 3 aromatic carbocycles. The summed E-state index contributed by atoms with van der Waals surface area (Å²) in [6.45, 7) is 18.6. The predicted molar refractivity (Wildman–Crippen MR) is 161 cm³/mol. The third kappa shape index (κ3) is 5.77. The van der Waals surface area contributed by atoms with Crippen molar-refractivity contribution in [1.29, 1.82) is 0 Å². The van der Waals surface area contributed by atoms with Crippen LogP contribution in [0.15, 0.2) is 66.4 Å². The van der Waals surface area contributed by atoms with Crippen LogP contribution in [0.4, 0.5) is 0 Å². The topological polar surface area (TPSA) is 9.23 Å². The molecule has 0 unspecified atom stereocenters. The Labute approximate surface area is 268 Å². The quantitative estimate of drug-likeness (QED) is 0.406. The number of hydrogen-bond acceptors (Lipinski definition) is 1. The minimum absolute atomic E-state index is 0. The standard InChI is InChI=1S/C35H42OSi.2ClH.Ti/c1-9-37(10-2)30-19-22-13-11-12-14-25(22)32(33(30)36)31-26-17-15-23(34(3,4)5)20-28(26)29-21-24(35(6,7)8)16-18-27(29)31;;;/h11-18,20-21,31,36H,9-10,19H2,1-8H3;2*1H;/q;;;+3/p-3. The Kier molecular flexibility index (Phi) is 10.3. The van der Waals surface area contributed by atoms with Gasteiger partial charge in [-0.05, 0) is 0 Å². The molecule has 0 saturated heterocycles. The molecular formula is C35H41Cl2OSiTi. The summed E-state index contributed by atoms with van der Waals surface area (Å²) in [5, 5.41) is 1.57. The maximum atomic E-state index is 6.42.